The highest BCUT2D eigenvalue weighted by molar-refractivity contribution is 5.03. The maximum Gasteiger partial charge on any atom is 0.428 e. The van der Waals surface area contributed by atoms with Gasteiger partial charge in [-0.3, -0.25) is 0 Å². The van der Waals surface area contributed by atoms with Crippen molar-refractivity contribution in [3.05, 3.63) is 0 Å². The third-order valence-corrected chi connectivity index (χ3v) is 3.17. The van der Waals surface area contributed by atoms with Crippen LogP contribution in [0.2, 0.25) is 0 Å². The van der Waals surface area contributed by atoms with Crippen molar-refractivity contribution < 1.29 is 36.6 Å². The number of halogens is 6. The molecule has 0 aliphatic carbocycles. The quantitative estimate of drug-likeness (QED) is 0.746. The molecule has 0 aromatic rings. The average Bonchev–Trinajstić information content (AvgIpc) is 2.58. The van der Waals surface area contributed by atoms with Crippen LogP contribution in [0.5, 0.6) is 0 Å². The van der Waals surface area contributed by atoms with Crippen LogP contribution in [0.3, 0.4) is 0 Å². The molecule has 1 saturated heterocycles. The molecule has 1 rings (SSSR count). The van der Waals surface area contributed by atoms with E-state index in [1.165, 1.54) is 11.9 Å². The van der Waals surface area contributed by atoms with Gasteiger partial charge in [-0.15, -0.1) is 0 Å². The summed E-state index contributed by atoms with van der Waals surface area (Å²) < 4.78 is 74.7. The molecule has 0 aromatic heterocycles. The van der Waals surface area contributed by atoms with E-state index in [0.29, 0.717) is 0 Å². The first kappa shape index (κ1) is 15.5. The molecular weight excluding hydrogens is 268 g/mol. The van der Waals surface area contributed by atoms with Gasteiger partial charge in [-0.1, -0.05) is 0 Å². The molecule has 1 aliphatic rings. The van der Waals surface area contributed by atoms with Crippen molar-refractivity contribution in [1.29, 1.82) is 0 Å². The van der Waals surface area contributed by atoms with Gasteiger partial charge in [0.15, 0.2) is 0 Å². The monoisotopic (exact) mass is 281 g/mol. The van der Waals surface area contributed by atoms with Gasteiger partial charge >= 0.3 is 12.4 Å². The summed E-state index contributed by atoms with van der Waals surface area (Å²) in [7, 11) is 1.51. The fourth-order valence-corrected chi connectivity index (χ4v) is 2.06. The molecule has 0 aromatic carbocycles. The Balaban J connectivity index is 3.05. The summed E-state index contributed by atoms with van der Waals surface area (Å²) in [6.45, 7) is 0.142. The topological polar surface area (TPSA) is 43.7 Å². The van der Waals surface area contributed by atoms with Crippen molar-refractivity contribution in [3.63, 3.8) is 0 Å². The van der Waals surface area contributed by atoms with Crippen LogP contribution in [0.15, 0.2) is 0 Å². The lowest BCUT2D eigenvalue weighted by Crippen LogP contribution is -2.66. The Hall–Kier alpha value is -0.540. The first-order valence-electron chi connectivity index (χ1n) is 5.13. The number of aliphatic hydroxyl groups excluding tert-OH is 1. The van der Waals surface area contributed by atoms with E-state index in [9.17, 15) is 31.4 Å². The third-order valence-electron chi connectivity index (χ3n) is 3.17. The maximum absolute atomic E-state index is 12.5. The van der Waals surface area contributed by atoms with E-state index in [4.69, 9.17) is 5.11 Å². The highest BCUT2D eigenvalue weighted by Crippen LogP contribution is 2.47. The molecule has 1 heterocycles. The van der Waals surface area contributed by atoms with Gasteiger partial charge in [0.2, 0.25) is 0 Å². The van der Waals surface area contributed by atoms with Gasteiger partial charge in [0.25, 0.3) is 5.60 Å². The SMILES string of the molecule is CN1CCC(C(O)C(O)(C(F)(F)F)C(F)(F)F)C1. The normalized spacial score (nSPS) is 25.5. The van der Waals surface area contributed by atoms with Gasteiger partial charge in [0.05, 0.1) is 0 Å². The fraction of sp³-hybridized carbons (Fsp3) is 1.00. The van der Waals surface area contributed by atoms with Gasteiger partial charge in [-0.05, 0) is 20.0 Å². The molecule has 0 amide bonds. The summed E-state index contributed by atoms with van der Waals surface area (Å²) in [6.07, 6.45) is -14.9. The van der Waals surface area contributed by atoms with Crippen LogP contribution in [0.1, 0.15) is 6.42 Å². The third kappa shape index (κ3) is 2.43. The van der Waals surface area contributed by atoms with Crippen LogP contribution < -0.4 is 0 Å². The van der Waals surface area contributed by atoms with Crippen LogP contribution in [0, 0.1) is 5.92 Å². The first-order chi connectivity index (χ1) is 7.91. The molecule has 1 aliphatic heterocycles. The van der Waals surface area contributed by atoms with E-state index in [0.717, 1.165) is 0 Å². The van der Waals surface area contributed by atoms with E-state index >= 15 is 0 Å². The first-order valence-corrected chi connectivity index (χ1v) is 5.13. The molecule has 0 radical (unpaired) electrons. The minimum absolute atomic E-state index is 0.0356. The van der Waals surface area contributed by atoms with Crippen LogP contribution >= 0.6 is 0 Å². The van der Waals surface area contributed by atoms with Gasteiger partial charge in [-0.2, -0.15) is 26.3 Å². The zero-order valence-electron chi connectivity index (χ0n) is 9.39. The maximum atomic E-state index is 12.5. The number of alkyl halides is 6. The van der Waals surface area contributed by atoms with E-state index in [1.807, 2.05) is 0 Å². The number of nitrogens with zero attached hydrogens (tertiary/aromatic N) is 1. The summed E-state index contributed by atoms with van der Waals surface area (Å²) in [5, 5.41) is 18.3. The van der Waals surface area contributed by atoms with Crippen molar-refractivity contribution in [2.45, 2.75) is 30.5 Å². The fourth-order valence-electron chi connectivity index (χ4n) is 2.06. The zero-order chi connectivity index (χ0) is 14.4. The molecule has 108 valence electrons. The largest absolute Gasteiger partial charge is 0.428 e. The highest BCUT2D eigenvalue weighted by atomic mass is 19.4. The summed E-state index contributed by atoms with van der Waals surface area (Å²) in [5.41, 5.74) is -5.09. The van der Waals surface area contributed by atoms with Crippen LogP contribution in [0.25, 0.3) is 0 Å². The summed E-state index contributed by atoms with van der Waals surface area (Å²) >= 11 is 0. The van der Waals surface area contributed by atoms with Crippen molar-refractivity contribution in [2.75, 3.05) is 20.1 Å². The number of aliphatic hydroxyl groups is 2. The summed E-state index contributed by atoms with van der Waals surface area (Å²) in [5.74, 6) is -1.27. The molecule has 2 atom stereocenters. The average molecular weight is 281 g/mol. The Bertz CT molecular complexity index is 288. The number of hydrogen-bond acceptors (Lipinski definition) is 3. The minimum atomic E-state index is -5.98. The second kappa shape index (κ2) is 4.53. The Kier molecular flexibility index (Phi) is 3.91. The van der Waals surface area contributed by atoms with E-state index in [2.05, 4.69) is 0 Å². The second-order valence-corrected chi connectivity index (χ2v) is 4.52. The van der Waals surface area contributed by atoms with Gasteiger partial charge in [0.1, 0.15) is 6.10 Å². The number of hydrogen-bond donors (Lipinski definition) is 2. The highest BCUT2D eigenvalue weighted by Gasteiger charge is 2.75. The Morgan fingerprint density at radius 1 is 1.11 bits per heavy atom. The van der Waals surface area contributed by atoms with Crippen molar-refractivity contribution >= 4 is 0 Å². The predicted molar refractivity (Wildman–Crippen MR) is 48.7 cm³/mol. The number of likely N-dealkylation sites (tertiary alicyclic amines) is 1. The molecule has 1 fully saturated rings. The molecule has 0 spiro atoms. The van der Waals surface area contributed by atoms with Gasteiger partial charge in [-0.25, -0.2) is 0 Å². The second-order valence-electron chi connectivity index (χ2n) is 4.52. The molecule has 18 heavy (non-hydrogen) atoms. The standard InChI is InChI=1S/C9H13F6NO2/c1-16-3-2-5(4-16)6(17)7(18,8(10,11)12)9(13,14)15/h5-6,17-18H,2-4H2,1H3. The summed E-state index contributed by atoms with van der Waals surface area (Å²) in [4.78, 5) is 1.49. The Morgan fingerprint density at radius 2 is 1.56 bits per heavy atom. The molecule has 2 N–H and O–H groups in total. The minimum Gasteiger partial charge on any atom is -0.389 e. The van der Waals surface area contributed by atoms with Gasteiger partial charge < -0.3 is 15.1 Å². The molecule has 2 unspecified atom stereocenters. The van der Waals surface area contributed by atoms with E-state index < -0.39 is 30.0 Å². The molecule has 0 saturated carbocycles. The molecule has 0 bridgehead atoms. The number of rotatable bonds is 2. The molecule has 3 nitrogen and oxygen atoms in total. The van der Waals surface area contributed by atoms with Crippen LogP contribution in [-0.4, -0.2) is 59.3 Å². The lowest BCUT2D eigenvalue weighted by Gasteiger charge is -2.38. The van der Waals surface area contributed by atoms with E-state index in [1.54, 1.807) is 0 Å². The van der Waals surface area contributed by atoms with E-state index in [-0.39, 0.29) is 19.5 Å². The molecular formula is C9H13F6NO2. The van der Waals surface area contributed by atoms with Gasteiger partial charge in [0, 0.05) is 12.5 Å². The zero-order valence-corrected chi connectivity index (χ0v) is 9.39. The Morgan fingerprint density at radius 3 is 1.83 bits per heavy atom. The summed E-state index contributed by atoms with van der Waals surface area (Å²) in [6, 6.07) is 0. The lowest BCUT2D eigenvalue weighted by molar-refractivity contribution is -0.395. The smallest absolute Gasteiger partial charge is 0.389 e. The Labute approximate surface area is 99.0 Å². The lowest BCUT2D eigenvalue weighted by atomic mass is 9.85. The van der Waals surface area contributed by atoms with Crippen LogP contribution in [-0.2, 0) is 0 Å². The molecule has 9 heteroatoms. The van der Waals surface area contributed by atoms with Crippen molar-refractivity contribution in [3.8, 4) is 0 Å². The van der Waals surface area contributed by atoms with Crippen molar-refractivity contribution in [1.82, 2.24) is 4.90 Å². The predicted octanol–water partition coefficient (Wildman–Crippen LogP) is 1.15. The van der Waals surface area contributed by atoms with Crippen LogP contribution in [0.4, 0.5) is 26.3 Å². The van der Waals surface area contributed by atoms with Crippen molar-refractivity contribution in [2.24, 2.45) is 5.92 Å².